The summed E-state index contributed by atoms with van der Waals surface area (Å²) < 4.78 is 49.1. The first-order valence-corrected chi connectivity index (χ1v) is 8.68. The van der Waals surface area contributed by atoms with Crippen LogP contribution < -0.4 is 9.47 Å². The van der Waals surface area contributed by atoms with Crippen LogP contribution in [0.2, 0.25) is 0 Å². The van der Waals surface area contributed by atoms with Crippen LogP contribution in [0.5, 0.6) is 11.5 Å². The van der Waals surface area contributed by atoms with Crippen molar-refractivity contribution in [2.24, 2.45) is 0 Å². The van der Waals surface area contributed by atoms with E-state index in [9.17, 15) is 13.2 Å². The number of halogens is 3. The van der Waals surface area contributed by atoms with Gasteiger partial charge in [0, 0.05) is 12.7 Å². The maximum Gasteiger partial charge on any atom is 0.416 e. The fraction of sp³-hybridized carbons (Fsp3) is 0.238. The van der Waals surface area contributed by atoms with Crippen molar-refractivity contribution in [1.29, 1.82) is 0 Å². The van der Waals surface area contributed by atoms with Crippen LogP contribution in [0.3, 0.4) is 0 Å². The predicted octanol–water partition coefficient (Wildman–Crippen LogP) is 5.49. The van der Waals surface area contributed by atoms with Gasteiger partial charge >= 0.3 is 6.18 Å². The van der Waals surface area contributed by atoms with Crippen LogP contribution in [-0.4, -0.2) is 18.2 Å². The molecule has 1 atom stereocenters. The van der Waals surface area contributed by atoms with Crippen LogP contribution in [0.15, 0.2) is 48.7 Å². The van der Waals surface area contributed by atoms with Crippen molar-refractivity contribution in [3.05, 3.63) is 70.9 Å². The lowest BCUT2D eigenvalue weighted by Gasteiger charge is -2.32. The molecule has 2 aliphatic rings. The van der Waals surface area contributed by atoms with Crippen molar-refractivity contribution >= 4 is 12.2 Å². The number of ether oxygens (including phenoxy) is 2. The zero-order valence-electron chi connectivity index (χ0n) is 14.7. The van der Waals surface area contributed by atoms with Gasteiger partial charge in [-0.3, -0.25) is 0 Å². The van der Waals surface area contributed by atoms with E-state index in [0.717, 1.165) is 41.1 Å². The largest absolute Gasteiger partial charge is 0.454 e. The van der Waals surface area contributed by atoms with Gasteiger partial charge in [-0.05, 0) is 54.0 Å². The molecule has 0 fully saturated rings. The Morgan fingerprint density at radius 1 is 1.11 bits per heavy atom. The minimum Gasteiger partial charge on any atom is -0.454 e. The Labute approximate surface area is 155 Å². The van der Waals surface area contributed by atoms with Gasteiger partial charge in [0.1, 0.15) is 0 Å². The molecule has 6 heteroatoms. The zero-order valence-corrected chi connectivity index (χ0v) is 14.7. The highest BCUT2D eigenvalue weighted by atomic mass is 19.4. The molecule has 0 N–H and O–H groups in total. The molecule has 3 nitrogen and oxygen atoms in total. The molecular formula is C21H18F3NO2. The number of alkyl halides is 3. The van der Waals surface area contributed by atoms with Gasteiger partial charge < -0.3 is 14.4 Å². The highest BCUT2D eigenvalue weighted by Gasteiger charge is 2.30. The fourth-order valence-electron chi connectivity index (χ4n) is 3.32. The van der Waals surface area contributed by atoms with E-state index in [1.165, 1.54) is 12.1 Å². The molecule has 0 aromatic heterocycles. The lowest BCUT2D eigenvalue weighted by atomic mass is 9.94. The maximum absolute atomic E-state index is 12.7. The second-order valence-electron chi connectivity index (χ2n) is 6.40. The highest BCUT2D eigenvalue weighted by Crippen LogP contribution is 2.41. The molecule has 0 spiro atoms. The number of likely N-dealkylation sites (N-methyl/N-ethyl adjacent to an activating group) is 1. The summed E-state index contributed by atoms with van der Waals surface area (Å²) >= 11 is 0. The molecule has 2 heterocycles. The Hall–Kier alpha value is -2.89. The standard InChI is InChI=1S/C21H18F3NO2/c1-2-25-10-9-15-11-19-20(27-13-26-19)12-17(15)18(25)8-5-14-3-6-16(7-4-14)21(22,23)24/h3-12,18H,2,13H2,1H3. The molecule has 0 saturated carbocycles. The van der Waals surface area contributed by atoms with Crippen molar-refractivity contribution in [2.75, 3.05) is 13.3 Å². The SMILES string of the molecule is CCN1C=Cc2cc3c(cc2C1C=Cc1ccc(C(F)(F)F)cc1)OCO3. The van der Waals surface area contributed by atoms with Crippen molar-refractivity contribution in [2.45, 2.75) is 19.1 Å². The average Bonchev–Trinajstić information content (AvgIpc) is 3.11. The molecule has 0 saturated heterocycles. The van der Waals surface area contributed by atoms with Gasteiger partial charge in [-0.1, -0.05) is 24.3 Å². The average molecular weight is 373 g/mol. The summed E-state index contributed by atoms with van der Waals surface area (Å²) in [5.74, 6) is 1.45. The van der Waals surface area contributed by atoms with Crippen LogP contribution in [0.1, 0.15) is 35.2 Å². The molecule has 0 amide bonds. The topological polar surface area (TPSA) is 21.7 Å². The molecule has 0 radical (unpaired) electrons. The third kappa shape index (κ3) is 3.39. The van der Waals surface area contributed by atoms with Crippen LogP contribution in [-0.2, 0) is 6.18 Å². The van der Waals surface area contributed by atoms with Crippen LogP contribution in [0, 0.1) is 0 Å². The summed E-state index contributed by atoms with van der Waals surface area (Å²) in [6.45, 7) is 3.07. The Morgan fingerprint density at radius 3 is 2.48 bits per heavy atom. The van der Waals surface area contributed by atoms with Crippen LogP contribution in [0.4, 0.5) is 13.2 Å². The first-order chi connectivity index (χ1) is 13.0. The van der Waals surface area contributed by atoms with Gasteiger partial charge in [-0.15, -0.1) is 0 Å². The van der Waals surface area contributed by atoms with E-state index in [2.05, 4.69) is 11.8 Å². The fourth-order valence-corrected chi connectivity index (χ4v) is 3.32. The number of fused-ring (bicyclic) bond motifs is 2. The first kappa shape index (κ1) is 17.5. The summed E-state index contributed by atoms with van der Waals surface area (Å²) in [4.78, 5) is 2.16. The quantitative estimate of drug-likeness (QED) is 0.710. The van der Waals surface area contributed by atoms with Gasteiger partial charge in [-0.25, -0.2) is 0 Å². The highest BCUT2D eigenvalue weighted by molar-refractivity contribution is 5.65. The first-order valence-electron chi connectivity index (χ1n) is 8.68. The van der Waals surface area contributed by atoms with E-state index >= 15 is 0 Å². The minimum absolute atomic E-state index is 0.0354. The number of benzene rings is 2. The van der Waals surface area contributed by atoms with Gasteiger partial charge in [0.25, 0.3) is 0 Å². The minimum atomic E-state index is -4.32. The summed E-state index contributed by atoms with van der Waals surface area (Å²) in [7, 11) is 0. The Kier molecular flexibility index (Phi) is 4.34. The number of hydrogen-bond acceptors (Lipinski definition) is 3. The monoisotopic (exact) mass is 373 g/mol. The summed E-state index contributed by atoms with van der Waals surface area (Å²) in [5, 5.41) is 0. The molecule has 140 valence electrons. The molecule has 2 aliphatic heterocycles. The Morgan fingerprint density at radius 2 is 1.81 bits per heavy atom. The number of rotatable bonds is 3. The van der Waals surface area contributed by atoms with E-state index in [-0.39, 0.29) is 12.8 Å². The lowest BCUT2D eigenvalue weighted by Crippen LogP contribution is -2.24. The van der Waals surface area contributed by atoms with Gasteiger partial charge in [-0.2, -0.15) is 13.2 Å². The van der Waals surface area contributed by atoms with Crippen LogP contribution in [0.25, 0.3) is 12.2 Å². The van der Waals surface area contributed by atoms with Crippen molar-refractivity contribution < 1.29 is 22.6 Å². The zero-order chi connectivity index (χ0) is 19.0. The van der Waals surface area contributed by atoms with Gasteiger partial charge in [0.15, 0.2) is 11.5 Å². The maximum atomic E-state index is 12.7. The van der Waals surface area contributed by atoms with E-state index in [1.807, 2.05) is 36.6 Å². The van der Waals surface area contributed by atoms with Gasteiger partial charge in [0.2, 0.25) is 6.79 Å². The number of nitrogens with zero attached hydrogens (tertiary/aromatic N) is 1. The third-order valence-electron chi connectivity index (χ3n) is 4.77. The third-order valence-corrected chi connectivity index (χ3v) is 4.77. The van der Waals surface area contributed by atoms with E-state index in [0.29, 0.717) is 5.75 Å². The van der Waals surface area contributed by atoms with Crippen molar-refractivity contribution in [3.8, 4) is 11.5 Å². The smallest absolute Gasteiger partial charge is 0.416 e. The van der Waals surface area contributed by atoms with Gasteiger partial charge in [0.05, 0.1) is 11.6 Å². The normalized spacial score (nSPS) is 18.2. The van der Waals surface area contributed by atoms with Crippen LogP contribution >= 0.6 is 0 Å². The number of hydrogen-bond donors (Lipinski definition) is 0. The molecule has 0 aliphatic carbocycles. The second kappa shape index (κ2) is 6.68. The molecule has 2 aromatic carbocycles. The summed E-state index contributed by atoms with van der Waals surface area (Å²) in [6, 6.07) is 9.07. The second-order valence-corrected chi connectivity index (χ2v) is 6.40. The summed E-state index contributed by atoms with van der Waals surface area (Å²) in [5.41, 5.74) is 2.20. The molecule has 4 rings (SSSR count). The molecule has 0 bridgehead atoms. The summed E-state index contributed by atoms with van der Waals surface area (Å²) in [6.07, 6.45) is 3.57. The van der Waals surface area contributed by atoms with Crippen molar-refractivity contribution in [1.82, 2.24) is 4.90 Å². The Balaban J connectivity index is 1.64. The molecule has 2 aromatic rings. The van der Waals surface area contributed by atoms with E-state index < -0.39 is 11.7 Å². The lowest BCUT2D eigenvalue weighted by molar-refractivity contribution is -0.137. The molecule has 1 unspecified atom stereocenters. The molecular weight excluding hydrogens is 355 g/mol. The van der Waals surface area contributed by atoms with Crippen molar-refractivity contribution in [3.63, 3.8) is 0 Å². The molecule has 27 heavy (non-hydrogen) atoms. The predicted molar refractivity (Wildman–Crippen MR) is 97.2 cm³/mol. The van der Waals surface area contributed by atoms with E-state index in [4.69, 9.17) is 9.47 Å². The van der Waals surface area contributed by atoms with E-state index in [1.54, 1.807) is 0 Å². The Bertz CT molecular complexity index is 901.